The maximum Gasteiger partial charge on any atom is 0.252 e. The average Bonchev–Trinajstić information content (AvgIpc) is 2.28. The van der Waals surface area contributed by atoms with Crippen LogP contribution in [0, 0.1) is 9.49 Å². The number of amides is 1. The summed E-state index contributed by atoms with van der Waals surface area (Å²) in [6.07, 6.45) is 0. The van der Waals surface area contributed by atoms with Crippen LogP contribution >= 0.6 is 38.5 Å². The van der Waals surface area contributed by atoms with Crippen LogP contribution in [0.15, 0.2) is 22.7 Å². The van der Waals surface area contributed by atoms with E-state index in [2.05, 4.69) is 43.8 Å². The summed E-state index contributed by atoms with van der Waals surface area (Å²) < 4.78 is 1.85. The molecule has 1 aromatic carbocycles. The molecular formula is C11H14BrIN2O. The normalized spacial score (nSPS) is 12.2. The quantitative estimate of drug-likeness (QED) is 0.767. The van der Waals surface area contributed by atoms with Gasteiger partial charge in [-0.25, -0.2) is 0 Å². The predicted octanol–water partition coefficient (Wildman–Crippen LogP) is 2.38. The molecule has 3 nitrogen and oxygen atoms in total. The molecule has 1 atom stereocenters. The van der Waals surface area contributed by atoms with Gasteiger partial charge in [-0.2, -0.15) is 0 Å². The van der Waals surface area contributed by atoms with Gasteiger partial charge < -0.3 is 11.1 Å². The molecule has 0 radical (unpaired) electrons. The topological polar surface area (TPSA) is 55.1 Å². The zero-order valence-electron chi connectivity index (χ0n) is 8.97. The van der Waals surface area contributed by atoms with Gasteiger partial charge in [0.2, 0.25) is 0 Å². The lowest BCUT2D eigenvalue weighted by molar-refractivity contribution is 0.0947. The number of benzene rings is 1. The Morgan fingerprint density at radius 2 is 2.31 bits per heavy atom. The first-order chi connectivity index (χ1) is 7.54. The van der Waals surface area contributed by atoms with Gasteiger partial charge >= 0.3 is 0 Å². The molecule has 88 valence electrons. The van der Waals surface area contributed by atoms with Crippen molar-refractivity contribution in [3.05, 3.63) is 31.8 Å². The van der Waals surface area contributed by atoms with Gasteiger partial charge in [0, 0.05) is 14.6 Å². The molecular weight excluding hydrogens is 383 g/mol. The molecule has 0 aromatic heterocycles. The van der Waals surface area contributed by atoms with Crippen molar-refractivity contribution in [1.82, 2.24) is 5.32 Å². The van der Waals surface area contributed by atoms with Crippen molar-refractivity contribution in [2.24, 2.45) is 11.7 Å². The lowest BCUT2D eigenvalue weighted by atomic mass is 10.1. The molecule has 0 bridgehead atoms. The number of hydrogen-bond acceptors (Lipinski definition) is 2. The summed E-state index contributed by atoms with van der Waals surface area (Å²) in [5.41, 5.74) is 6.18. The van der Waals surface area contributed by atoms with Crippen LogP contribution in [0.3, 0.4) is 0 Å². The zero-order valence-corrected chi connectivity index (χ0v) is 12.7. The van der Waals surface area contributed by atoms with Gasteiger partial charge in [0.15, 0.2) is 0 Å². The number of nitrogens with one attached hydrogen (secondary N) is 1. The van der Waals surface area contributed by atoms with Crippen molar-refractivity contribution in [2.75, 3.05) is 13.1 Å². The van der Waals surface area contributed by atoms with Crippen LogP contribution in [0.1, 0.15) is 17.3 Å². The third kappa shape index (κ3) is 4.03. The van der Waals surface area contributed by atoms with Gasteiger partial charge in [-0.1, -0.05) is 22.9 Å². The van der Waals surface area contributed by atoms with Gasteiger partial charge in [0.05, 0.1) is 5.56 Å². The second-order valence-corrected chi connectivity index (χ2v) is 5.75. The van der Waals surface area contributed by atoms with Crippen molar-refractivity contribution >= 4 is 44.4 Å². The predicted molar refractivity (Wildman–Crippen MR) is 77.4 cm³/mol. The summed E-state index contributed by atoms with van der Waals surface area (Å²) in [6, 6.07) is 5.65. The smallest absolute Gasteiger partial charge is 0.252 e. The van der Waals surface area contributed by atoms with E-state index >= 15 is 0 Å². The largest absolute Gasteiger partial charge is 0.352 e. The van der Waals surface area contributed by atoms with E-state index in [0.717, 1.165) is 8.04 Å². The molecule has 1 aromatic rings. The standard InChI is InChI=1S/C11H14BrIN2O/c1-7(5-14)6-15-11(16)9-4-8(12)2-3-10(9)13/h2-4,7H,5-6,14H2,1H3,(H,15,16). The van der Waals surface area contributed by atoms with Gasteiger partial charge in [-0.05, 0) is 53.3 Å². The van der Waals surface area contributed by atoms with E-state index in [4.69, 9.17) is 5.73 Å². The highest BCUT2D eigenvalue weighted by molar-refractivity contribution is 14.1. The summed E-state index contributed by atoms with van der Waals surface area (Å²) in [4.78, 5) is 11.9. The minimum atomic E-state index is -0.0500. The van der Waals surface area contributed by atoms with E-state index in [1.165, 1.54) is 0 Å². The minimum Gasteiger partial charge on any atom is -0.352 e. The summed E-state index contributed by atoms with van der Waals surface area (Å²) in [5, 5.41) is 2.87. The Hall–Kier alpha value is -0.140. The third-order valence-electron chi connectivity index (χ3n) is 2.19. The monoisotopic (exact) mass is 396 g/mol. The molecule has 0 heterocycles. The fourth-order valence-electron chi connectivity index (χ4n) is 1.12. The summed E-state index contributed by atoms with van der Waals surface area (Å²) in [5.74, 6) is 0.250. The van der Waals surface area contributed by atoms with Gasteiger partial charge in [-0.3, -0.25) is 4.79 Å². The van der Waals surface area contributed by atoms with Gasteiger partial charge in [0.25, 0.3) is 5.91 Å². The van der Waals surface area contributed by atoms with Crippen LogP contribution in [0.2, 0.25) is 0 Å². The minimum absolute atomic E-state index is 0.0500. The molecule has 0 fully saturated rings. The van der Waals surface area contributed by atoms with E-state index in [9.17, 15) is 4.79 Å². The van der Waals surface area contributed by atoms with Crippen molar-refractivity contribution in [1.29, 1.82) is 0 Å². The highest BCUT2D eigenvalue weighted by Gasteiger charge is 2.10. The van der Waals surface area contributed by atoms with Crippen LogP contribution in [0.25, 0.3) is 0 Å². The number of carbonyl (C=O) groups is 1. The average molecular weight is 397 g/mol. The molecule has 1 amide bonds. The molecule has 0 saturated carbocycles. The van der Waals surface area contributed by atoms with E-state index < -0.39 is 0 Å². The highest BCUT2D eigenvalue weighted by atomic mass is 127. The second kappa shape index (κ2) is 6.56. The Morgan fingerprint density at radius 1 is 1.62 bits per heavy atom. The summed E-state index contributed by atoms with van der Waals surface area (Å²) >= 11 is 5.51. The first-order valence-corrected chi connectivity index (χ1v) is 6.85. The lowest BCUT2D eigenvalue weighted by Crippen LogP contribution is -2.31. The molecule has 1 unspecified atom stereocenters. The number of carbonyl (C=O) groups excluding carboxylic acids is 1. The van der Waals surface area contributed by atoms with Crippen LogP contribution in [-0.2, 0) is 0 Å². The molecule has 3 N–H and O–H groups in total. The maximum atomic E-state index is 11.9. The molecule has 0 aliphatic heterocycles. The van der Waals surface area contributed by atoms with Crippen molar-refractivity contribution < 1.29 is 4.79 Å². The highest BCUT2D eigenvalue weighted by Crippen LogP contribution is 2.18. The third-order valence-corrected chi connectivity index (χ3v) is 3.62. The number of rotatable bonds is 4. The Morgan fingerprint density at radius 3 is 2.94 bits per heavy atom. The summed E-state index contributed by atoms with van der Waals surface area (Å²) in [7, 11) is 0. The molecule has 0 saturated heterocycles. The fraction of sp³-hybridized carbons (Fsp3) is 0.364. The first-order valence-electron chi connectivity index (χ1n) is 4.98. The van der Waals surface area contributed by atoms with Crippen molar-refractivity contribution in [3.63, 3.8) is 0 Å². The first kappa shape index (κ1) is 13.9. The van der Waals surface area contributed by atoms with Crippen LogP contribution in [0.5, 0.6) is 0 Å². The molecule has 5 heteroatoms. The lowest BCUT2D eigenvalue weighted by Gasteiger charge is -2.11. The van der Waals surface area contributed by atoms with E-state index in [-0.39, 0.29) is 5.91 Å². The number of nitrogens with two attached hydrogens (primary N) is 1. The van der Waals surface area contributed by atoms with E-state index in [1.807, 2.05) is 25.1 Å². The SMILES string of the molecule is CC(CN)CNC(=O)c1cc(Br)ccc1I. The van der Waals surface area contributed by atoms with Crippen LogP contribution < -0.4 is 11.1 Å². The Labute approximate surface area is 117 Å². The molecule has 0 aliphatic carbocycles. The van der Waals surface area contributed by atoms with E-state index in [0.29, 0.717) is 24.6 Å². The zero-order chi connectivity index (χ0) is 12.1. The Kier molecular flexibility index (Phi) is 5.71. The fourth-order valence-corrected chi connectivity index (χ4v) is 2.06. The Balaban J connectivity index is 2.69. The van der Waals surface area contributed by atoms with E-state index in [1.54, 1.807) is 0 Å². The number of halogens is 2. The summed E-state index contributed by atoms with van der Waals surface area (Å²) in [6.45, 7) is 3.19. The molecule has 0 spiro atoms. The molecule has 1 rings (SSSR count). The van der Waals surface area contributed by atoms with Crippen LogP contribution in [0.4, 0.5) is 0 Å². The maximum absolute atomic E-state index is 11.9. The van der Waals surface area contributed by atoms with Crippen molar-refractivity contribution in [2.45, 2.75) is 6.92 Å². The molecule has 0 aliphatic rings. The molecule has 16 heavy (non-hydrogen) atoms. The second-order valence-electron chi connectivity index (χ2n) is 3.68. The van der Waals surface area contributed by atoms with Gasteiger partial charge in [-0.15, -0.1) is 0 Å². The number of hydrogen-bond donors (Lipinski definition) is 2. The van der Waals surface area contributed by atoms with Crippen molar-refractivity contribution in [3.8, 4) is 0 Å². The Bertz CT molecular complexity index is 384. The van der Waals surface area contributed by atoms with Gasteiger partial charge in [0.1, 0.15) is 0 Å². The van der Waals surface area contributed by atoms with Crippen LogP contribution in [-0.4, -0.2) is 19.0 Å².